The van der Waals surface area contributed by atoms with Crippen LogP contribution in [0.4, 0.5) is 4.39 Å². The van der Waals surface area contributed by atoms with Crippen molar-refractivity contribution in [2.45, 2.75) is 26.5 Å². The fourth-order valence-electron chi connectivity index (χ4n) is 1.91. The second kappa shape index (κ2) is 7.21. The van der Waals surface area contributed by atoms with Gasteiger partial charge < -0.3 is 10.2 Å². The predicted octanol–water partition coefficient (Wildman–Crippen LogP) is 1.73. The highest BCUT2D eigenvalue weighted by atomic mass is 19.1. The molecule has 4 nitrogen and oxygen atoms in total. The van der Waals surface area contributed by atoms with E-state index in [9.17, 15) is 14.3 Å². The summed E-state index contributed by atoms with van der Waals surface area (Å²) in [6.45, 7) is 4.09. The molecule has 19 heavy (non-hydrogen) atoms. The van der Waals surface area contributed by atoms with Crippen LogP contribution in [0, 0.1) is 11.7 Å². The lowest BCUT2D eigenvalue weighted by Gasteiger charge is -2.25. The molecule has 0 amide bonds. The van der Waals surface area contributed by atoms with Crippen molar-refractivity contribution in [3.05, 3.63) is 35.6 Å². The third kappa shape index (κ3) is 5.36. The zero-order valence-corrected chi connectivity index (χ0v) is 11.2. The van der Waals surface area contributed by atoms with Crippen LogP contribution in [0.15, 0.2) is 24.3 Å². The average Bonchev–Trinajstić information content (AvgIpc) is 2.31. The van der Waals surface area contributed by atoms with E-state index in [1.54, 1.807) is 36.9 Å². The van der Waals surface area contributed by atoms with E-state index in [1.807, 2.05) is 0 Å². The SMILES string of the molecule is CC(O)CN(Cc1ccccc1F)CC(C)C(=O)O. The number of nitrogens with zero attached hydrogens (tertiary/aromatic N) is 1. The quantitative estimate of drug-likeness (QED) is 0.791. The van der Waals surface area contributed by atoms with Crippen LogP contribution in [-0.2, 0) is 11.3 Å². The van der Waals surface area contributed by atoms with Gasteiger partial charge in [-0.25, -0.2) is 4.39 Å². The molecule has 0 saturated carbocycles. The zero-order valence-electron chi connectivity index (χ0n) is 11.2. The van der Waals surface area contributed by atoms with Crippen LogP contribution >= 0.6 is 0 Å². The molecule has 2 unspecified atom stereocenters. The molecule has 1 aromatic rings. The summed E-state index contributed by atoms with van der Waals surface area (Å²) in [6, 6.07) is 6.38. The van der Waals surface area contributed by atoms with Gasteiger partial charge in [-0.3, -0.25) is 9.69 Å². The number of carboxylic acid groups (broad SMARTS) is 1. The number of rotatable bonds is 7. The second-order valence-electron chi connectivity index (χ2n) is 4.87. The maximum atomic E-state index is 13.6. The van der Waals surface area contributed by atoms with Gasteiger partial charge in [0.15, 0.2) is 0 Å². The van der Waals surface area contributed by atoms with E-state index in [-0.39, 0.29) is 18.9 Å². The normalized spacial score (nSPS) is 14.4. The standard InChI is InChI=1S/C14H20FNO3/c1-10(14(18)19)7-16(8-11(2)17)9-12-5-3-4-6-13(12)15/h3-6,10-11,17H,7-9H2,1-2H3,(H,18,19). The molecule has 2 N–H and O–H groups in total. The number of hydrogen-bond donors (Lipinski definition) is 2. The maximum Gasteiger partial charge on any atom is 0.307 e. The predicted molar refractivity (Wildman–Crippen MR) is 70.2 cm³/mol. The summed E-state index contributed by atoms with van der Waals surface area (Å²) in [6.07, 6.45) is -0.590. The maximum absolute atomic E-state index is 13.6. The number of aliphatic hydroxyl groups excluding tert-OH is 1. The Labute approximate surface area is 112 Å². The molecular formula is C14H20FNO3. The van der Waals surface area contributed by atoms with Crippen molar-refractivity contribution in [3.63, 3.8) is 0 Å². The van der Waals surface area contributed by atoms with Gasteiger partial charge in [-0.2, -0.15) is 0 Å². The lowest BCUT2D eigenvalue weighted by atomic mass is 10.1. The van der Waals surface area contributed by atoms with Gasteiger partial charge in [-0.15, -0.1) is 0 Å². The number of aliphatic carboxylic acids is 1. The topological polar surface area (TPSA) is 60.8 Å². The first-order chi connectivity index (χ1) is 8.90. The van der Waals surface area contributed by atoms with Crippen LogP contribution in [0.5, 0.6) is 0 Å². The summed E-state index contributed by atoms with van der Waals surface area (Å²) in [5.74, 6) is -1.78. The molecule has 0 aliphatic rings. The fourth-order valence-corrected chi connectivity index (χ4v) is 1.91. The highest BCUT2D eigenvalue weighted by Crippen LogP contribution is 2.12. The van der Waals surface area contributed by atoms with E-state index in [0.29, 0.717) is 12.1 Å². The summed E-state index contributed by atoms with van der Waals surface area (Å²) >= 11 is 0. The molecule has 0 aromatic heterocycles. The summed E-state index contributed by atoms with van der Waals surface area (Å²) < 4.78 is 13.6. The molecule has 0 fully saturated rings. The molecule has 0 bridgehead atoms. The Morgan fingerprint density at radius 2 is 1.95 bits per heavy atom. The van der Waals surface area contributed by atoms with E-state index in [4.69, 9.17) is 5.11 Å². The van der Waals surface area contributed by atoms with Gasteiger partial charge >= 0.3 is 5.97 Å². The first-order valence-corrected chi connectivity index (χ1v) is 6.26. The van der Waals surface area contributed by atoms with Crippen LogP contribution < -0.4 is 0 Å². The molecule has 0 aliphatic carbocycles. The molecule has 0 radical (unpaired) electrons. The summed E-state index contributed by atoms with van der Waals surface area (Å²) in [7, 11) is 0. The van der Waals surface area contributed by atoms with E-state index >= 15 is 0 Å². The Morgan fingerprint density at radius 3 is 2.47 bits per heavy atom. The zero-order chi connectivity index (χ0) is 14.4. The largest absolute Gasteiger partial charge is 0.481 e. The van der Waals surface area contributed by atoms with Crippen molar-refractivity contribution in [1.29, 1.82) is 0 Å². The molecular weight excluding hydrogens is 249 g/mol. The van der Waals surface area contributed by atoms with E-state index in [2.05, 4.69) is 0 Å². The lowest BCUT2D eigenvalue weighted by molar-refractivity contribution is -0.141. The molecule has 106 valence electrons. The van der Waals surface area contributed by atoms with Crippen molar-refractivity contribution in [2.75, 3.05) is 13.1 Å². The van der Waals surface area contributed by atoms with Gasteiger partial charge in [-0.1, -0.05) is 25.1 Å². The van der Waals surface area contributed by atoms with E-state index < -0.39 is 18.0 Å². The van der Waals surface area contributed by atoms with Gasteiger partial charge in [-0.05, 0) is 13.0 Å². The number of carbonyl (C=O) groups is 1. The number of carboxylic acids is 1. The van der Waals surface area contributed by atoms with Crippen molar-refractivity contribution in [1.82, 2.24) is 4.90 Å². The lowest BCUT2D eigenvalue weighted by Crippen LogP contribution is -2.36. The molecule has 0 aliphatic heterocycles. The Morgan fingerprint density at radius 1 is 1.32 bits per heavy atom. The minimum absolute atomic E-state index is 0.272. The van der Waals surface area contributed by atoms with Gasteiger partial charge in [0.2, 0.25) is 0 Å². The van der Waals surface area contributed by atoms with Crippen molar-refractivity contribution >= 4 is 5.97 Å². The summed E-state index contributed by atoms with van der Waals surface area (Å²) in [5.41, 5.74) is 0.501. The van der Waals surface area contributed by atoms with E-state index in [1.165, 1.54) is 6.07 Å². The van der Waals surface area contributed by atoms with Crippen molar-refractivity contribution in [3.8, 4) is 0 Å². The molecule has 0 saturated heterocycles. The molecule has 5 heteroatoms. The van der Waals surface area contributed by atoms with Gasteiger partial charge in [0.05, 0.1) is 12.0 Å². The first-order valence-electron chi connectivity index (χ1n) is 6.26. The van der Waals surface area contributed by atoms with Crippen LogP contribution in [0.1, 0.15) is 19.4 Å². The highest BCUT2D eigenvalue weighted by molar-refractivity contribution is 5.69. The monoisotopic (exact) mass is 269 g/mol. The Hall–Kier alpha value is -1.46. The molecule has 1 rings (SSSR count). The van der Waals surface area contributed by atoms with Gasteiger partial charge in [0, 0.05) is 25.2 Å². The highest BCUT2D eigenvalue weighted by Gasteiger charge is 2.18. The van der Waals surface area contributed by atoms with E-state index in [0.717, 1.165) is 0 Å². The number of benzene rings is 1. The van der Waals surface area contributed by atoms with Gasteiger partial charge in [0.25, 0.3) is 0 Å². The minimum Gasteiger partial charge on any atom is -0.481 e. The Balaban J connectivity index is 2.74. The van der Waals surface area contributed by atoms with Crippen molar-refractivity contribution in [2.24, 2.45) is 5.92 Å². The smallest absolute Gasteiger partial charge is 0.307 e. The first kappa shape index (κ1) is 15.6. The van der Waals surface area contributed by atoms with Crippen molar-refractivity contribution < 1.29 is 19.4 Å². The fraction of sp³-hybridized carbons (Fsp3) is 0.500. The Kier molecular flexibility index (Phi) is 5.92. The van der Waals surface area contributed by atoms with Crippen LogP contribution in [0.3, 0.4) is 0 Å². The number of hydrogen-bond acceptors (Lipinski definition) is 3. The van der Waals surface area contributed by atoms with Crippen LogP contribution in [-0.4, -0.2) is 40.3 Å². The van der Waals surface area contributed by atoms with Crippen LogP contribution in [0.2, 0.25) is 0 Å². The molecule has 2 atom stereocenters. The second-order valence-corrected chi connectivity index (χ2v) is 4.87. The molecule has 1 aromatic carbocycles. The number of aliphatic hydroxyl groups is 1. The molecule has 0 heterocycles. The van der Waals surface area contributed by atoms with Gasteiger partial charge in [0.1, 0.15) is 5.82 Å². The summed E-state index contributed by atoms with van der Waals surface area (Å²) in [4.78, 5) is 12.6. The average molecular weight is 269 g/mol. The summed E-state index contributed by atoms with van der Waals surface area (Å²) in [5, 5.41) is 18.4. The third-order valence-corrected chi connectivity index (χ3v) is 2.83. The third-order valence-electron chi connectivity index (χ3n) is 2.83. The molecule has 0 spiro atoms. The minimum atomic E-state index is -0.899. The Bertz CT molecular complexity index is 423. The number of halogens is 1. The van der Waals surface area contributed by atoms with Crippen LogP contribution in [0.25, 0.3) is 0 Å².